The first-order chi connectivity index (χ1) is 11.6. The highest BCUT2D eigenvalue weighted by molar-refractivity contribution is 6.96. The molecule has 0 aromatic heterocycles. The minimum absolute atomic E-state index is 0.0262. The lowest BCUT2D eigenvalue weighted by molar-refractivity contribution is 0.351. The van der Waals surface area contributed by atoms with Gasteiger partial charge in [-0.15, -0.1) is 0 Å². The van der Waals surface area contributed by atoms with Crippen molar-refractivity contribution in [3.8, 4) is 11.5 Å². The molecule has 1 aliphatic carbocycles. The smallest absolute Gasteiger partial charge is 0.123 e. The van der Waals surface area contributed by atoms with Crippen molar-refractivity contribution in [2.24, 2.45) is 0 Å². The van der Waals surface area contributed by atoms with Crippen LogP contribution in [0.15, 0.2) is 47.7 Å². The monoisotopic (exact) mass is 356 g/mol. The van der Waals surface area contributed by atoms with E-state index in [2.05, 4.69) is 71.7 Å². The molecular weight excluding hydrogens is 324 g/mol. The molecule has 3 heteroatoms. The zero-order chi connectivity index (χ0) is 18.8. The van der Waals surface area contributed by atoms with Crippen LogP contribution in [-0.4, -0.2) is 21.8 Å². The molecule has 0 saturated carbocycles. The molecule has 1 aromatic rings. The summed E-state index contributed by atoms with van der Waals surface area (Å²) in [5.74, 6) is 1.94. The molecule has 136 valence electrons. The molecule has 0 heterocycles. The molecule has 0 fully saturated rings. The maximum absolute atomic E-state index is 6.24. The van der Waals surface area contributed by atoms with E-state index < -0.39 is 8.07 Å². The van der Waals surface area contributed by atoms with Crippen LogP contribution in [-0.2, 0) is 5.41 Å². The average Bonchev–Trinajstić information content (AvgIpc) is 2.98. The third-order valence-electron chi connectivity index (χ3n) is 5.05. The third-order valence-corrected chi connectivity index (χ3v) is 8.87. The maximum atomic E-state index is 6.24. The predicted octanol–water partition coefficient (Wildman–Crippen LogP) is 5.29. The van der Waals surface area contributed by atoms with Crippen LogP contribution in [0.4, 0.5) is 0 Å². The van der Waals surface area contributed by atoms with Crippen LogP contribution in [0.2, 0.25) is 13.1 Å². The second-order valence-corrected chi connectivity index (χ2v) is 12.7. The van der Waals surface area contributed by atoms with Crippen LogP contribution in [0.25, 0.3) is 0 Å². The molecule has 0 N–H and O–H groups in total. The molecule has 0 radical (unpaired) electrons. The Balaban J connectivity index is 2.73. The van der Waals surface area contributed by atoms with Gasteiger partial charge >= 0.3 is 0 Å². The topological polar surface area (TPSA) is 18.5 Å². The second-order valence-electron chi connectivity index (χ2n) is 8.29. The molecule has 0 bridgehead atoms. The Morgan fingerprint density at radius 2 is 1.92 bits per heavy atom. The van der Waals surface area contributed by atoms with Crippen molar-refractivity contribution in [1.29, 1.82) is 0 Å². The number of hydrogen-bond donors (Lipinski definition) is 0. The predicted molar refractivity (Wildman–Crippen MR) is 111 cm³/mol. The number of benzene rings is 1. The van der Waals surface area contributed by atoms with Crippen LogP contribution in [0.5, 0.6) is 11.5 Å². The van der Waals surface area contributed by atoms with E-state index in [-0.39, 0.29) is 5.41 Å². The highest BCUT2D eigenvalue weighted by atomic mass is 28.3. The van der Waals surface area contributed by atoms with Gasteiger partial charge in [0, 0.05) is 5.56 Å². The van der Waals surface area contributed by atoms with Crippen LogP contribution in [0.1, 0.15) is 39.7 Å². The number of allylic oxidation sites excluding steroid dienone is 4. The van der Waals surface area contributed by atoms with Crippen LogP contribution in [0, 0.1) is 0 Å². The number of methoxy groups -OCH3 is 1. The van der Waals surface area contributed by atoms with Gasteiger partial charge in [0.15, 0.2) is 0 Å². The lowest BCUT2D eigenvalue weighted by Crippen LogP contribution is -2.45. The quantitative estimate of drug-likeness (QED) is 0.509. The average molecular weight is 357 g/mol. The van der Waals surface area contributed by atoms with Gasteiger partial charge in [-0.05, 0) is 36.1 Å². The van der Waals surface area contributed by atoms with Gasteiger partial charge in [0.05, 0.1) is 7.11 Å². The van der Waals surface area contributed by atoms with E-state index in [4.69, 9.17) is 9.47 Å². The highest BCUT2D eigenvalue weighted by Gasteiger charge is 2.36. The van der Waals surface area contributed by atoms with E-state index in [0.717, 1.165) is 17.9 Å². The van der Waals surface area contributed by atoms with Crippen molar-refractivity contribution < 1.29 is 9.47 Å². The summed E-state index contributed by atoms with van der Waals surface area (Å²) in [7, 11) is -0.142. The molecule has 1 aromatic carbocycles. The Labute approximate surface area is 154 Å². The summed E-state index contributed by atoms with van der Waals surface area (Å²) in [4.78, 5) is 0. The first-order valence-electron chi connectivity index (χ1n) is 8.96. The van der Waals surface area contributed by atoms with Crippen molar-refractivity contribution in [3.05, 3.63) is 53.3 Å². The molecule has 2 rings (SSSR count). The number of ether oxygens (including phenoxy) is 2. The van der Waals surface area contributed by atoms with E-state index in [0.29, 0.717) is 6.61 Å². The SMILES string of the molecule is C=CCOc1c(C(C)(C)C)cc(OC)cc1[Si](C)(C)C1=C(C)C=CC1. The second kappa shape index (κ2) is 7.25. The van der Waals surface area contributed by atoms with Crippen molar-refractivity contribution in [3.63, 3.8) is 0 Å². The number of rotatable bonds is 6. The summed E-state index contributed by atoms with van der Waals surface area (Å²) in [5, 5.41) is 2.89. The van der Waals surface area contributed by atoms with Gasteiger partial charge in [-0.2, -0.15) is 0 Å². The highest BCUT2D eigenvalue weighted by Crippen LogP contribution is 2.37. The zero-order valence-corrected chi connectivity index (χ0v) is 17.8. The van der Waals surface area contributed by atoms with Gasteiger partial charge in [0.1, 0.15) is 26.2 Å². The van der Waals surface area contributed by atoms with Crippen molar-refractivity contribution in [2.45, 2.75) is 52.6 Å². The summed E-state index contributed by atoms with van der Waals surface area (Å²) < 4.78 is 11.9. The van der Waals surface area contributed by atoms with Gasteiger partial charge in [-0.1, -0.05) is 69.4 Å². The van der Waals surface area contributed by atoms with Gasteiger partial charge in [-0.3, -0.25) is 0 Å². The fourth-order valence-electron chi connectivity index (χ4n) is 3.57. The van der Waals surface area contributed by atoms with Gasteiger partial charge in [0.2, 0.25) is 0 Å². The fraction of sp³-hybridized carbons (Fsp3) is 0.455. The van der Waals surface area contributed by atoms with Gasteiger partial charge in [0.25, 0.3) is 0 Å². The summed E-state index contributed by atoms with van der Waals surface area (Å²) in [5.41, 5.74) is 2.58. The maximum Gasteiger partial charge on any atom is 0.123 e. The molecule has 0 aliphatic heterocycles. The summed E-state index contributed by atoms with van der Waals surface area (Å²) in [6.45, 7) is 18.1. The summed E-state index contributed by atoms with van der Waals surface area (Å²) in [6.07, 6.45) is 7.39. The molecule has 0 amide bonds. The molecular formula is C22H32O2Si. The lowest BCUT2D eigenvalue weighted by atomic mass is 9.86. The van der Waals surface area contributed by atoms with Crippen LogP contribution in [0.3, 0.4) is 0 Å². The Bertz CT molecular complexity index is 718. The zero-order valence-electron chi connectivity index (χ0n) is 16.8. The molecule has 1 aliphatic rings. The number of hydrogen-bond acceptors (Lipinski definition) is 2. The van der Waals surface area contributed by atoms with E-state index in [1.165, 1.54) is 16.3 Å². The standard InChI is InChI=1S/C22H32O2Si/c1-9-13-24-21-18(22(3,4)5)14-17(23-6)15-20(21)25(7,8)19-12-10-11-16(19)2/h9-11,14-15H,1,12-13H2,2-8H3. The van der Waals surface area contributed by atoms with Crippen LogP contribution < -0.4 is 14.7 Å². The van der Waals surface area contributed by atoms with E-state index in [1.54, 1.807) is 12.3 Å². The molecule has 2 nitrogen and oxygen atoms in total. The van der Waals surface area contributed by atoms with Crippen molar-refractivity contribution in [1.82, 2.24) is 0 Å². The minimum atomic E-state index is -1.88. The Morgan fingerprint density at radius 3 is 2.40 bits per heavy atom. The molecule has 0 spiro atoms. The minimum Gasteiger partial charge on any atom is -0.497 e. The van der Waals surface area contributed by atoms with Crippen LogP contribution >= 0.6 is 0 Å². The molecule has 0 saturated heterocycles. The molecule has 25 heavy (non-hydrogen) atoms. The van der Waals surface area contributed by atoms with Crippen molar-refractivity contribution >= 4 is 13.3 Å². The third kappa shape index (κ3) is 3.92. The van der Waals surface area contributed by atoms with Gasteiger partial charge < -0.3 is 9.47 Å². The molecule has 0 atom stereocenters. The van der Waals surface area contributed by atoms with E-state index >= 15 is 0 Å². The Kier molecular flexibility index (Phi) is 5.67. The molecule has 0 unspecified atom stereocenters. The summed E-state index contributed by atoms with van der Waals surface area (Å²) in [6, 6.07) is 4.32. The largest absolute Gasteiger partial charge is 0.497 e. The first kappa shape index (κ1) is 19.6. The van der Waals surface area contributed by atoms with Gasteiger partial charge in [-0.25, -0.2) is 0 Å². The summed E-state index contributed by atoms with van der Waals surface area (Å²) >= 11 is 0. The van der Waals surface area contributed by atoms with E-state index in [9.17, 15) is 0 Å². The Hall–Kier alpha value is -1.74. The Morgan fingerprint density at radius 1 is 1.24 bits per heavy atom. The first-order valence-corrected chi connectivity index (χ1v) is 12.0. The lowest BCUT2D eigenvalue weighted by Gasteiger charge is -2.32. The van der Waals surface area contributed by atoms with Crippen molar-refractivity contribution in [2.75, 3.05) is 13.7 Å². The van der Waals surface area contributed by atoms with E-state index in [1.807, 2.05) is 6.08 Å². The normalized spacial score (nSPS) is 14.8. The fourth-order valence-corrected chi connectivity index (χ4v) is 6.87.